The van der Waals surface area contributed by atoms with Crippen LogP contribution in [0.3, 0.4) is 0 Å². The zero-order valence-electron chi connectivity index (χ0n) is 4.00. The van der Waals surface area contributed by atoms with Crippen LogP contribution < -0.4 is 0 Å². The van der Waals surface area contributed by atoms with Gasteiger partial charge in [-0.1, -0.05) is 6.08 Å². The van der Waals surface area contributed by atoms with Crippen molar-refractivity contribution in [3.8, 4) is 0 Å². The molecule has 46 valence electrons. The molecule has 8 heavy (non-hydrogen) atoms. The third kappa shape index (κ3) is 1130. The molecule has 0 aliphatic heterocycles. The Morgan fingerprint density at radius 2 is 1.62 bits per heavy atom. The van der Waals surface area contributed by atoms with Crippen LogP contribution in [0.2, 0.25) is 0 Å². The summed E-state index contributed by atoms with van der Waals surface area (Å²) in [4.78, 5) is 0. The second-order valence-electron chi connectivity index (χ2n) is 0.639. The number of allylic oxidation sites excluding steroid dienone is 1. The molecule has 0 spiro atoms. The van der Waals surface area contributed by atoms with Crippen LogP contribution in [0.1, 0.15) is 6.92 Å². The third-order valence-corrected chi connectivity index (χ3v) is 0. The molecule has 0 aliphatic carbocycles. The van der Waals surface area contributed by atoms with Crippen molar-refractivity contribution in [1.82, 2.24) is 0 Å². The normalized spacial score (nSPS) is 6.00. The summed E-state index contributed by atoms with van der Waals surface area (Å²) >= 11 is -2.61. The van der Waals surface area contributed by atoms with Crippen LogP contribution in [0.5, 0.6) is 0 Å². The predicted octanol–water partition coefficient (Wildman–Crippen LogP) is 0.225. The number of hydrogen-bond acceptors (Lipinski definition) is 1. The van der Waals surface area contributed by atoms with Gasteiger partial charge in [0.25, 0.3) is 11.4 Å². The van der Waals surface area contributed by atoms with Crippen LogP contribution in [0.4, 0.5) is 0 Å². The van der Waals surface area contributed by atoms with Crippen molar-refractivity contribution in [2.75, 3.05) is 0 Å². The van der Waals surface area contributed by atoms with E-state index in [0.29, 0.717) is 0 Å². The maximum atomic E-state index is 8.67. The summed E-state index contributed by atoms with van der Waals surface area (Å²) in [6.45, 7) is 5.25. The standard InChI is InChI=1S/C3H6.Li.H2O3S.H/c1-3-2;;1-4(2)3;/h3H,1H2,2H3;;(H2,1,2,3);. The molecule has 0 bridgehead atoms. The van der Waals surface area contributed by atoms with E-state index < -0.39 is 11.4 Å². The van der Waals surface area contributed by atoms with E-state index in [-0.39, 0.29) is 18.9 Å². The van der Waals surface area contributed by atoms with E-state index in [2.05, 4.69) is 6.58 Å². The Bertz CT molecular complexity index is 61.5. The summed E-state index contributed by atoms with van der Waals surface area (Å²) in [6, 6.07) is 0. The third-order valence-electron chi connectivity index (χ3n) is 0. The van der Waals surface area contributed by atoms with Crippen LogP contribution in [-0.2, 0) is 11.4 Å². The van der Waals surface area contributed by atoms with Gasteiger partial charge in [-0.25, -0.2) is 0 Å². The van der Waals surface area contributed by atoms with Crippen LogP contribution in [0, 0.1) is 0 Å². The summed E-state index contributed by atoms with van der Waals surface area (Å²) in [6.07, 6.45) is 1.75. The Hall–Kier alpha value is 0.407. The minimum atomic E-state index is -2.61. The average Bonchev–Trinajstić information content (AvgIpc) is 1.33. The summed E-state index contributed by atoms with van der Waals surface area (Å²) in [5, 5.41) is 0. The fourth-order valence-corrected chi connectivity index (χ4v) is 0. The molecule has 0 aliphatic rings. The van der Waals surface area contributed by atoms with Gasteiger partial charge in [-0.3, -0.25) is 9.11 Å². The van der Waals surface area contributed by atoms with E-state index in [9.17, 15) is 0 Å². The minimum absolute atomic E-state index is 0. The molecule has 0 amide bonds. The van der Waals surface area contributed by atoms with Gasteiger partial charge < -0.3 is 0 Å². The SMILES string of the molecule is C=CC.O=S(O)O.[LiH]. The van der Waals surface area contributed by atoms with E-state index in [1.54, 1.807) is 6.08 Å². The van der Waals surface area contributed by atoms with Crippen LogP contribution >= 0.6 is 0 Å². The molecule has 0 saturated heterocycles. The molecule has 0 aromatic heterocycles. The molecular weight excluding hydrogens is 123 g/mol. The Kier molecular flexibility index (Phi) is 30.9. The molecule has 2 N–H and O–H groups in total. The first-order chi connectivity index (χ1) is 3.15. The van der Waals surface area contributed by atoms with Crippen molar-refractivity contribution in [2.24, 2.45) is 0 Å². The molecule has 0 radical (unpaired) electrons. The van der Waals surface area contributed by atoms with E-state index in [1.165, 1.54) is 0 Å². The predicted molar refractivity (Wildman–Crippen MR) is 36.4 cm³/mol. The molecule has 0 fully saturated rings. The van der Waals surface area contributed by atoms with E-state index in [0.717, 1.165) is 0 Å². The summed E-state index contributed by atoms with van der Waals surface area (Å²) in [5.74, 6) is 0. The topological polar surface area (TPSA) is 57.5 Å². The van der Waals surface area contributed by atoms with Crippen molar-refractivity contribution in [1.29, 1.82) is 0 Å². The molecule has 3 nitrogen and oxygen atoms in total. The molecular formula is C3H9LiO3S. The molecule has 0 unspecified atom stereocenters. The first-order valence-corrected chi connectivity index (χ1v) is 2.58. The summed E-state index contributed by atoms with van der Waals surface area (Å²) in [5.41, 5.74) is 0. The zero-order chi connectivity index (χ0) is 6.28. The molecule has 0 saturated carbocycles. The Labute approximate surface area is 63.5 Å². The van der Waals surface area contributed by atoms with Crippen LogP contribution in [0.15, 0.2) is 12.7 Å². The Morgan fingerprint density at radius 1 is 1.62 bits per heavy atom. The Balaban J connectivity index is -0.0000000575. The van der Waals surface area contributed by atoms with E-state index in [4.69, 9.17) is 13.3 Å². The van der Waals surface area contributed by atoms with Gasteiger partial charge in [0.15, 0.2) is 0 Å². The van der Waals surface area contributed by atoms with Gasteiger partial charge in [0.1, 0.15) is 0 Å². The van der Waals surface area contributed by atoms with Crippen LogP contribution in [0.25, 0.3) is 0 Å². The number of hydrogen-bond donors (Lipinski definition) is 2. The van der Waals surface area contributed by atoms with Gasteiger partial charge in [-0.05, 0) is 6.92 Å². The van der Waals surface area contributed by atoms with Gasteiger partial charge in [0, 0.05) is 0 Å². The van der Waals surface area contributed by atoms with Gasteiger partial charge in [0.05, 0.1) is 0 Å². The first kappa shape index (κ1) is 15.8. The second-order valence-corrected chi connectivity index (χ2v) is 1.10. The average molecular weight is 132 g/mol. The molecule has 0 heterocycles. The monoisotopic (exact) mass is 132 g/mol. The number of rotatable bonds is 0. The van der Waals surface area contributed by atoms with Crippen molar-refractivity contribution < 1.29 is 13.3 Å². The second kappa shape index (κ2) is 15.7. The fraction of sp³-hybridized carbons (Fsp3) is 0.333. The van der Waals surface area contributed by atoms with Crippen molar-refractivity contribution in [3.63, 3.8) is 0 Å². The summed E-state index contributed by atoms with van der Waals surface area (Å²) in [7, 11) is 0. The van der Waals surface area contributed by atoms with Gasteiger partial charge in [-0.15, -0.1) is 6.58 Å². The van der Waals surface area contributed by atoms with Crippen LogP contribution in [-0.4, -0.2) is 32.2 Å². The van der Waals surface area contributed by atoms with Gasteiger partial charge in [-0.2, -0.15) is 4.21 Å². The van der Waals surface area contributed by atoms with Gasteiger partial charge >= 0.3 is 18.9 Å². The van der Waals surface area contributed by atoms with Crippen molar-refractivity contribution >= 4 is 30.2 Å². The first-order valence-electron chi connectivity index (χ1n) is 1.52. The molecule has 0 atom stereocenters. The molecule has 0 aromatic rings. The zero-order valence-corrected chi connectivity index (χ0v) is 4.81. The van der Waals surface area contributed by atoms with Crippen molar-refractivity contribution in [3.05, 3.63) is 12.7 Å². The fourth-order valence-electron chi connectivity index (χ4n) is 0. The van der Waals surface area contributed by atoms with Crippen molar-refractivity contribution in [2.45, 2.75) is 6.92 Å². The molecule has 5 heteroatoms. The summed E-state index contributed by atoms with van der Waals surface area (Å²) < 4.78 is 22.8. The van der Waals surface area contributed by atoms with E-state index in [1.807, 2.05) is 6.92 Å². The maximum absolute atomic E-state index is 8.67. The molecule has 0 rings (SSSR count). The molecule has 0 aromatic carbocycles. The Morgan fingerprint density at radius 3 is 1.62 bits per heavy atom. The van der Waals surface area contributed by atoms with E-state index >= 15 is 0 Å². The van der Waals surface area contributed by atoms with Gasteiger partial charge in [0.2, 0.25) is 0 Å². The quantitative estimate of drug-likeness (QED) is 0.281.